The third-order valence-electron chi connectivity index (χ3n) is 1.43. The van der Waals surface area contributed by atoms with Gasteiger partial charge in [-0.3, -0.25) is 0 Å². The average Bonchev–Trinajstić information content (AvgIpc) is 2.15. The van der Waals surface area contributed by atoms with E-state index in [4.69, 9.17) is 27.9 Å². The van der Waals surface area contributed by atoms with E-state index < -0.39 is 0 Å². The largest absolute Gasteiger partial charge is 0.494 e. The van der Waals surface area contributed by atoms with Crippen LogP contribution in [0.5, 0.6) is 0 Å². The molecule has 0 aromatic carbocycles. The molecule has 0 spiro atoms. The first-order valence-electron chi connectivity index (χ1n) is 4.41. The molecule has 0 rings (SSSR count). The summed E-state index contributed by atoms with van der Waals surface area (Å²) in [4.78, 5) is 3.89. The van der Waals surface area contributed by atoms with Gasteiger partial charge in [0.1, 0.15) is 5.17 Å². The maximum Gasteiger partial charge on any atom is 0.155 e. The number of halogens is 2. The van der Waals surface area contributed by atoms with Gasteiger partial charge in [-0.05, 0) is 13.3 Å². The number of allylic oxidation sites excluding steroid dienone is 2. The van der Waals surface area contributed by atoms with Crippen LogP contribution in [0.25, 0.3) is 0 Å². The first-order chi connectivity index (χ1) is 6.61. The molecule has 0 aliphatic heterocycles. The fourth-order valence-corrected chi connectivity index (χ4v) is 1.01. The van der Waals surface area contributed by atoms with Crippen molar-refractivity contribution in [3.8, 4) is 0 Å². The summed E-state index contributed by atoms with van der Waals surface area (Å²) >= 11 is 11.5. The topological polar surface area (TPSA) is 21.6 Å². The zero-order chi connectivity index (χ0) is 11.0. The Kier molecular flexibility index (Phi) is 7.63. The zero-order valence-corrected chi connectivity index (χ0v) is 10.2. The predicted octanol–water partition coefficient (Wildman–Crippen LogP) is 4.05. The SMILES string of the molecule is CCC/C=C(Cl)/C(=C\N=C(C)Cl)OC. The Morgan fingerprint density at radius 1 is 1.43 bits per heavy atom. The number of hydrogen-bond acceptors (Lipinski definition) is 2. The lowest BCUT2D eigenvalue weighted by Gasteiger charge is -2.02. The molecule has 0 heterocycles. The fourth-order valence-electron chi connectivity index (χ4n) is 0.731. The number of rotatable bonds is 5. The minimum atomic E-state index is 0.444. The summed E-state index contributed by atoms with van der Waals surface area (Å²) in [6.07, 6.45) is 5.38. The van der Waals surface area contributed by atoms with Crippen molar-refractivity contribution in [3.63, 3.8) is 0 Å². The van der Waals surface area contributed by atoms with Crippen LogP contribution in [0.1, 0.15) is 26.7 Å². The molecule has 0 unspecified atom stereocenters. The van der Waals surface area contributed by atoms with Gasteiger partial charge in [0.2, 0.25) is 0 Å². The van der Waals surface area contributed by atoms with Crippen LogP contribution in [0.2, 0.25) is 0 Å². The predicted molar refractivity (Wildman–Crippen MR) is 62.9 cm³/mol. The molecule has 0 aliphatic rings. The molecule has 2 nitrogen and oxygen atoms in total. The Bertz CT molecular complexity index is 253. The Balaban J connectivity index is 4.55. The van der Waals surface area contributed by atoms with E-state index in [0.29, 0.717) is 16.0 Å². The van der Waals surface area contributed by atoms with E-state index in [9.17, 15) is 0 Å². The maximum absolute atomic E-state index is 5.96. The summed E-state index contributed by atoms with van der Waals surface area (Å²) < 4.78 is 5.05. The molecule has 0 saturated carbocycles. The lowest BCUT2D eigenvalue weighted by atomic mass is 10.3. The van der Waals surface area contributed by atoms with E-state index in [1.807, 2.05) is 6.08 Å². The molecule has 0 saturated heterocycles. The smallest absolute Gasteiger partial charge is 0.155 e. The molecular formula is C10H15Cl2NO. The number of methoxy groups -OCH3 is 1. The third-order valence-corrected chi connectivity index (χ3v) is 1.87. The third kappa shape index (κ3) is 6.06. The van der Waals surface area contributed by atoms with Crippen molar-refractivity contribution in [2.24, 2.45) is 4.99 Å². The Morgan fingerprint density at radius 2 is 2.07 bits per heavy atom. The van der Waals surface area contributed by atoms with Gasteiger partial charge < -0.3 is 4.74 Å². The molecule has 4 heteroatoms. The van der Waals surface area contributed by atoms with E-state index in [1.54, 1.807) is 14.0 Å². The molecule has 0 atom stereocenters. The van der Waals surface area contributed by atoms with Crippen LogP contribution in [0.3, 0.4) is 0 Å². The molecule has 0 aromatic rings. The van der Waals surface area contributed by atoms with Crippen LogP contribution in [0, 0.1) is 0 Å². The highest BCUT2D eigenvalue weighted by atomic mass is 35.5. The molecule has 80 valence electrons. The fraction of sp³-hybridized carbons (Fsp3) is 0.500. The van der Waals surface area contributed by atoms with E-state index >= 15 is 0 Å². The van der Waals surface area contributed by atoms with Crippen molar-refractivity contribution in [1.29, 1.82) is 0 Å². The number of hydrogen-bond donors (Lipinski definition) is 0. The Hall–Kier alpha value is -0.470. The normalized spacial score (nSPS) is 14.5. The molecule has 14 heavy (non-hydrogen) atoms. The lowest BCUT2D eigenvalue weighted by molar-refractivity contribution is 0.303. The molecule has 0 radical (unpaired) electrons. The molecule has 0 N–H and O–H groups in total. The van der Waals surface area contributed by atoms with Crippen molar-refractivity contribution < 1.29 is 4.74 Å². The summed E-state index contributed by atoms with van der Waals surface area (Å²) in [6, 6.07) is 0. The maximum atomic E-state index is 5.96. The second-order valence-electron chi connectivity index (χ2n) is 2.66. The summed E-state index contributed by atoms with van der Waals surface area (Å²) in [5.74, 6) is 0.528. The van der Waals surface area contributed by atoms with Crippen molar-refractivity contribution in [1.82, 2.24) is 0 Å². The van der Waals surface area contributed by atoms with Crippen molar-refractivity contribution >= 4 is 28.4 Å². The monoisotopic (exact) mass is 235 g/mol. The molecule has 0 aromatic heterocycles. The van der Waals surface area contributed by atoms with Gasteiger partial charge in [-0.1, -0.05) is 42.6 Å². The van der Waals surface area contributed by atoms with Crippen LogP contribution < -0.4 is 0 Å². The Labute approximate surface area is 95.3 Å². The summed E-state index contributed by atoms with van der Waals surface area (Å²) in [5, 5.41) is 1.01. The molecule has 0 fully saturated rings. The van der Waals surface area contributed by atoms with Crippen LogP contribution in [-0.4, -0.2) is 12.3 Å². The number of ether oxygens (including phenoxy) is 1. The van der Waals surface area contributed by atoms with Gasteiger partial charge in [0.05, 0.1) is 18.3 Å². The van der Waals surface area contributed by atoms with Crippen LogP contribution in [-0.2, 0) is 4.74 Å². The van der Waals surface area contributed by atoms with E-state index in [2.05, 4.69) is 11.9 Å². The summed E-state index contributed by atoms with van der Waals surface area (Å²) in [7, 11) is 1.55. The first kappa shape index (κ1) is 13.5. The van der Waals surface area contributed by atoms with Gasteiger partial charge in [0, 0.05) is 0 Å². The van der Waals surface area contributed by atoms with Crippen molar-refractivity contribution in [2.75, 3.05) is 7.11 Å². The highest BCUT2D eigenvalue weighted by molar-refractivity contribution is 6.64. The van der Waals surface area contributed by atoms with E-state index in [0.717, 1.165) is 12.8 Å². The second kappa shape index (κ2) is 7.89. The van der Waals surface area contributed by atoms with Gasteiger partial charge in [0.15, 0.2) is 5.76 Å². The summed E-state index contributed by atoms with van der Waals surface area (Å²) in [6.45, 7) is 3.77. The van der Waals surface area contributed by atoms with Gasteiger partial charge in [-0.15, -0.1) is 0 Å². The van der Waals surface area contributed by atoms with Crippen LogP contribution in [0.15, 0.2) is 28.1 Å². The Morgan fingerprint density at radius 3 is 2.50 bits per heavy atom. The minimum Gasteiger partial charge on any atom is -0.494 e. The second-order valence-corrected chi connectivity index (χ2v) is 3.62. The van der Waals surface area contributed by atoms with Gasteiger partial charge in [-0.2, -0.15) is 0 Å². The molecular weight excluding hydrogens is 221 g/mol. The number of unbranched alkanes of at least 4 members (excludes halogenated alkanes) is 1. The zero-order valence-electron chi connectivity index (χ0n) is 8.68. The number of aliphatic imine (C=N–C) groups is 1. The van der Waals surface area contributed by atoms with Crippen LogP contribution in [0.4, 0.5) is 0 Å². The van der Waals surface area contributed by atoms with Crippen molar-refractivity contribution in [2.45, 2.75) is 26.7 Å². The van der Waals surface area contributed by atoms with Gasteiger partial charge >= 0.3 is 0 Å². The van der Waals surface area contributed by atoms with Gasteiger partial charge in [-0.25, -0.2) is 4.99 Å². The highest BCUT2D eigenvalue weighted by Crippen LogP contribution is 2.16. The molecule has 0 aliphatic carbocycles. The average molecular weight is 236 g/mol. The molecule has 0 bridgehead atoms. The van der Waals surface area contributed by atoms with E-state index in [-0.39, 0.29) is 0 Å². The van der Waals surface area contributed by atoms with E-state index in [1.165, 1.54) is 6.20 Å². The highest BCUT2D eigenvalue weighted by Gasteiger charge is 2.00. The minimum absolute atomic E-state index is 0.444. The lowest BCUT2D eigenvalue weighted by Crippen LogP contribution is -1.87. The van der Waals surface area contributed by atoms with Crippen molar-refractivity contribution in [3.05, 3.63) is 23.1 Å². The standard InChI is InChI=1S/C10H15Cl2NO/c1-4-5-6-9(12)10(14-3)7-13-8(2)11/h6-7H,4-5H2,1-3H3/b9-6-,10-7+,13-8?. The number of nitrogens with zero attached hydrogens (tertiary/aromatic N) is 1. The quantitative estimate of drug-likeness (QED) is 0.400. The molecule has 0 amide bonds. The summed E-state index contributed by atoms with van der Waals surface area (Å²) in [5.41, 5.74) is 0. The van der Waals surface area contributed by atoms with Crippen LogP contribution >= 0.6 is 23.2 Å². The first-order valence-corrected chi connectivity index (χ1v) is 5.17. The van der Waals surface area contributed by atoms with Gasteiger partial charge in [0.25, 0.3) is 0 Å².